The summed E-state index contributed by atoms with van der Waals surface area (Å²) >= 11 is 0. The zero-order valence-corrected chi connectivity index (χ0v) is 17.1. The topological polar surface area (TPSA) is 111 Å². The van der Waals surface area contributed by atoms with Crippen LogP contribution in [0.4, 0.5) is 5.69 Å². The largest absolute Gasteiger partial charge is 0.465 e. The van der Waals surface area contributed by atoms with Crippen molar-refractivity contribution in [2.75, 3.05) is 12.4 Å². The van der Waals surface area contributed by atoms with E-state index in [4.69, 9.17) is 5.73 Å². The predicted molar refractivity (Wildman–Crippen MR) is 116 cm³/mol. The molecule has 2 unspecified atom stereocenters. The highest BCUT2D eigenvalue weighted by molar-refractivity contribution is 5.99. The first-order chi connectivity index (χ1) is 14.4. The molecular weight excluding hydrogens is 382 g/mol. The highest BCUT2D eigenvalue weighted by atomic mass is 16.5. The summed E-state index contributed by atoms with van der Waals surface area (Å²) in [5.41, 5.74) is 7.72. The summed E-state index contributed by atoms with van der Waals surface area (Å²) in [6.07, 6.45) is 4.40. The van der Waals surface area contributed by atoms with Gasteiger partial charge in [0.2, 0.25) is 11.8 Å². The van der Waals surface area contributed by atoms with Crippen molar-refractivity contribution in [3.8, 4) is 0 Å². The van der Waals surface area contributed by atoms with Crippen LogP contribution in [0.15, 0.2) is 66.7 Å². The number of aryl methyl sites for hydroxylation is 1. The van der Waals surface area contributed by atoms with Gasteiger partial charge in [0.25, 0.3) is 0 Å². The van der Waals surface area contributed by atoms with Crippen molar-refractivity contribution >= 4 is 23.5 Å². The highest BCUT2D eigenvalue weighted by Gasteiger charge is 2.13. The maximum atomic E-state index is 12.3. The fourth-order valence-electron chi connectivity index (χ4n) is 2.69. The van der Waals surface area contributed by atoms with Gasteiger partial charge in [0.1, 0.15) is 0 Å². The number of amides is 2. The summed E-state index contributed by atoms with van der Waals surface area (Å²) in [6, 6.07) is 15.3. The molecule has 4 N–H and O–H groups in total. The van der Waals surface area contributed by atoms with Gasteiger partial charge < -0.3 is 21.1 Å². The second kappa shape index (κ2) is 11.5. The zero-order chi connectivity index (χ0) is 21.9. The van der Waals surface area contributed by atoms with E-state index in [2.05, 4.69) is 15.4 Å². The minimum absolute atomic E-state index is 0.281. The van der Waals surface area contributed by atoms with E-state index >= 15 is 0 Å². The van der Waals surface area contributed by atoms with Crippen molar-refractivity contribution in [1.29, 1.82) is 0 Å². The van der Waals surface area contributed by atoms with Gasteiger partial charge in [-0.05, 0) is 49.6 Å². The molecule has 0 fully saturated rings. The average molecular weight is 409 g/mol. The van der Waals surface area contributed by atoms with E-state index < -0.39 is 12.0 Å². The average Bonchev–Trinajstić information content (AvgIpc) is 2.76. The monoisotopic (exact) mass is 409 g/mol. The molecule has 0 spiro atoms. The molecule has 2 atom stereocenters. The van der Waals surface area contributed by atoms with Gasteiger partial charge in [0, 0.05) is 17.8 Å². The maximum Gasteiger partial charge on any atom is 0.337 e. The Morgan fingerprint density at radius 3 is 2.33 bits per heavy atom. The van der Waals surface area contributed by atoms with Gasteiger partial charge in [-0.1, -0.05) is 36.4 Å². The molecule has 0 saturated heterocycles. The van der Waals surface area contributed by atoms with E-state index in [1.54, 1.807) is 37.3 Å². The second-order valence-electron chi connectivity index (χ2n) is 6.85. The molecule has 158 valence electrons. The van der Waals surface area contributed by atoms with Gasteiger partial charge in [-0.25, -0.2) is 4.79 Å². The molecule has 0 aliphatic heterocycles. The standard InChI is InChI=1S/C23H27N3O4/c1-16(24)22(28)26-20(11-8-17-6-4-3-5-7-17)14-15-21(27)25-19-12-9-18(10-13-19)23(29)30-2/h3-7,9-10,12-16,20H,8,11,24H2,1-2H3,(H,25,27)(H,26,28). The van der Waals surface area contributed by atoms with Crippen LogP contribution in [0.2, 0.25) is 0 Å². The number of carbonyl (C=O) groups is 3. The van der Waals surface area contributed by atoms with Crippen molar-refractivity contribution in [3.05, 3.63) is 77.9 Å². The van der Waals surface area contributed by atoms with Crippen molar-refractivity contribution in [2.24, 2.45) is 5.73 Å². The van der Waals surface area contributed by atoms with Crippen LogP contribution in [0.25, 0.3) is 0 Å². The molecule has 2 aromatic rings. The van der Waals surface area contributed by atoms with E-state index in [1.807, 2.05) is 30.3 Å². The number of benzene rings is 2. The Balaban J connectivity index is 1.98. The maximum absolute atomic E-state index is 12.3. The SMILES string of the molecule is COC(=O)c1ccc(NC(=O)C=CC(CCc2ccccc2)NC(=O)C(C)N)cc1. The summed E-state index contributed by atoms with van der Waals surface area (Å²) in [7, 11) is 1.31. The normalized spacial score (nSPS) is 12.8. The number of rotatable bonds is 9. The molecule has 0 aliphatic carbocycles. The first-order valence-corrected chi connectivity index (χ1v) is 9.66. The Kier molecular flexibility index (Phi) is 8.77. The van der Waals surface area contributed by atoms with Crippen molar-refractivity contribution in [2.45, 2.75) is 31.8 Å². The van der Waals surface area contributed by atoms with E-state index in [1.165, 1.54) is 13.2 Å². The number of nitrogens with two attached hydrogens (primary N) is 1. The van der Waals surface area contributed by atoms with Crippen LogP contribution in [0.1, 0.15) is 29.3 Å². The molecule has 0 saturated carbocycles. The van der Waals surface area contributed by atoms with Crippen molar-refractivity contribution in [3.63, 3.8) is 0 Å². The minimum atomic E-state index is -0.639. The van der Waals surface area contributed by atoms with Crippen LogP contribution in [0, 0.1) is 0 Å². The molecule has 2 amide bonds. The van der Waals surface area contributed by atoms with Crippen LogP contribution >= 0.6 is 0 Å². The van der Waals surface area contributed by atoms with Crippen LogP contribution in [0.3, 0.4) is 0 Å². The van der Waals surface area contributed by atoms with Crippen LogP contribution < -0.4 is 16.4 Å². The Morgan fingerprint density at radius 2 is 1.73 bits per heavy atom. The lowest BCUT2D eigenvalue weighted by Gasteiger charge is -2.17. The van der Waals surface area contributed by atoms with E-state index in [-0.39, 0.29) is 17.9 Å². The Labute approximate surface area is 176 Å². The van der Waals surface area contributed by atoms with Gasteiger partial charge in [-0.15, -0.1) is 0 Å². The Bertz CT molecular complexity index is 877. The van der Waals surface area contributed by atoms with Crippen LogP contribution in [0.5, 0.6) is 0 Å². The molecule has 2 rings (SSSR count). The molecule has 2 aromatic carbocycles. The van der Waals surface area contributed by atoms with Gasteiger partial charge >= 0.3 is 5.97 Å². The fraction of sp³-hybridized carbons (Fsp3) is 0.261. The number of carbonyl (C=O) groups excluding carboxylic acids is 3. The number of ether oxygens (including phenoxy) is 1. The van der Waals surface area contributed by atoms with E-state index in [9.17, 15) is 14.4 Å². The number of methoxy groups -OCH3 is 1. The number of anilines is 1. The van der Waals surface area contributed by atoms with Crippen LogP contribution in [-0.2, 0) is 20.7 Å². The second-order valence-corrected chi connectivity index (χ2v) is 6.85. The van der Waals surface area contributed by atoms with E-state index in [0.29, 0.717) is 17.7 Å². The zero-order valence-electron chi connectivity index (χ0n) is 17.1. The third-order valence-corrected chi connectivity index (χ3v) is 4.38. The summed E-state index contributed by atoms with van der Waals surface area (Å²) in [5.74, 6) is -1.07. The predicted octanol–water partition coefficient (Wildman–Crippen LogP) is 2.43. The molecule has 0 radical (unpaired) electrons. The molecule has 0 heterocycles. The summed E-state index contributed by atoms with van der Waals surface area (Å²) in [5, 5.41) is 5.57. The highest BCUT2D eigenvalue weighted by Crippen LogP contribution is 2.11. The van der Waals surface area contributed by atoms with Gasteiger partial charge in [-0.3, -0.25) is 9.59 Å². The minimum Gasteiger partial charge on any atom is -0.465 e. The van der Waals surface area contributed by atoms with Gasteiger partial charge in [-0.2, -0.15) is 0 Å². The molecule has 30 heavy (non-hydrogen) atoms. The number of nitrogens with one attached hydrogen (secondary N) is 2. The molecule has 7 heteroatoms. The van der Waals surface area contributed by atoms with Gasteiger partial charge in [0.15, 0.2) is 0 Å². The molecule has 0 aromatic heterocycles. The van der Waals surface area contributed by atoms with E-state index in [0.717, 1.165) is 12.0 Å². The first kappa shape index (κ1) is 22.8. The molecule has 0 aliphatic rings. The summed E-state index contributed by atoms with van der Waals surface area (Å²) < 4.78 is 4.64. The smallest absolute Gasteiger partial charge is 0.337 e. The first-order valence-electron chi connectivity index (χ1n) is 9.66. The lowest BCUT2D eigenvalue weighted by atomic mass is 10.0. The Hall–Kier alpha value is -3.45. The quantitative estimate of drug-likeness (QED) is 0.435. The Morgan fingerprint density at radius 1 is 1.07 bits per heavy atom. The summed E-state index contributed by atoms with van der Waals surface area (Å²) in [6.45, 7) is 1.61. The van der Waals surface area contributed by atoms with Gasteiger partial charge in [0.05, 0.1) is 18.7 Å². The molecule has 7 nitrogen and oxygen atoms in total. The fourth-order valence-corrected chi connectivity index (χ4v) is 2.69. The van der Waals surface area contributed by atoms with Crippen molar-refractivity contribution < 1.29 is 19.1 Å². The number of hydrogen-bond donors (Lipinski definition) is 3. The third kappa shape index (κ3) is 7.52. The van der Waals surface area contributed by atoms with Crippen LogP contribution in [-0.4, -0.2) is 37.0 Å². The third-order valence-electron chi connectivity index (χ3n) is 4.38. The number of esters is 1. The molecule has 0 bridgehead atoms. The number of hydrogen-bond acceptors (Lipinski definition) is 5. The summed E-state index contributed by atoms with van der Waals surface area (Å²) in [4.78, 5) is 35.7. The molecular formula is C23H27N3O4. The lowest BCUT2D eigenvalue weighted by molar-refractivity contribution is -0.122. The lowest BCUT2D eigenvalue weighted by Crippen LogP contribution is -2.43. The van der Waals surface area contributed by atoms with Crippen molar-refractivity contribution in [1.82, 2.24) is 5.32 Å².